The summed E-state index contributed by atoms with van der Waals surface area (Å²) in [6.07, 6.45) is 3.28. The van der Waals surface area contributed by atoms with Crippen LogP contribution in [-0.4, -0.2) is 61.0 Å². The van der Waals surface area contributed by atoms with Crippen molar-refractivity contribution in [2.24, 2.45) is 0 Å². The standard InChI is InChI=1S/C26H23FN6O4/c1-15(34)20-13-32(21-6-5-16(9-19(20)21)17-7-8-28-29-11-17)14-25(36)33-12-18(27)10-22(33)26(37)31-23-3-2-4-24(35)30-23/h2-9,11,13,18,22H,10,12,14H2,1H3,(H2,30,31,35,37). The van der Waals surface area contributed by atoms with Gasteiger partial charge in [0.05, 0.1) is 18.9 Å². The molecule has 0 aliphatic carbocycles. The zero-order chi connectivity index (χ0) is 26.1. The molecule has 2 N–H and O–H groups in total. The summed E-state index contributed by atoms with van der Waals surface area (Å²) < 4.78 is 16.0. The molecule has 4 aromatic rings. The summed E-state index contributed by atoms with van der Waals surface area (Å²) in [7, 11) is 0. The van der Waals surface area contributed by atoms with E-state index in [1.165, 1.54) is 30.0 Å². The molecule has 5 rings (SSSR count). The summed E-state index contributed by atoms with van der Waals surface area (Å²) in [6, 6.07) is 10.6. The number of hydrogen-bond donors (Lipinski definition) is 2. The van der Waals surface area contributed by atoms with Gasteiger partial charge in [0.25, 0.3) is 0 Å². The van der Waals surface area contributed by atoms with Crippen LogP contribution in [0.25, 0.3) is 22.0 Å². The summed E-state index contributed by atoms with van der Waals surface area (Å²) in [5.41, 5.74) is 2.37. The lowest BCUT2D eigenvalue weighted by Gasteiger charge is -2.24. The number of halogens is 1. The first-order valence-corrected chi connectivity index (χ1v) is 11.6. The van der Waals surface area contributed by atoms with Crippen LogP contribution in [0.2, 0.25) is 0 Å². The van der Waals surface area contributed by atoms with Crippen LogP contribution < -0.4 is 10.9 Å². The van der Waals surface area contributed by atoms with Crippen molar-refractivity contribution in [3.05, 3.63) is 77.0 Å². The molecule has 2 amide bonds. The lowest BCUT2D eigenvalue weighted by molar-refractivity contribution is -0.137. The fourth-order valence-electron chi connectivity index (χ4n) is 4.63. The van der Waals surface area contributed by atoms with Crippen molar-refractivity contribution in [3.8, 4) is 11.1 Å². The molecule has 4 heterocycles. The number of ketones is 1. The van der Waals surface area contributed by atoms with E-state index in [-0.39, 0.29) is 31.1 Å². The van der Waals surface area contributed by atoms with Gasteiger partial charge < -0.3 is 19.8 Å². The molecule has 2 unspecified atom stereocenters. The zero-order valence-electron chi connectivity index (χ0n) is 19.8. The Morgan fingerprint density at radius 1 is 1.14 bits per heavy atom. The minimum Gasteiger partial charge on any atom is -0.337 e. The monoisotopic (exact) mass is 502 g/mol. The van der Waals surface area contributed by atoms with Crippen molar-refractivity contribution in [2.45, 2.75) is 32.1 Å². The molecule has 188 valence electrons. The van der Waals surface area contributed by atoms with E-state index in [1.807, 2.05) is 18.2 Å². The van der Waals surface area contributed by atoms with Crippen LogP contribution in [0.1, 0.15) is 23.7 Å². The van der Waals surface area contributed by atoms with Crippen molar-refractivity contribution >= 4 is 34.3 Å². The highest BCUT2D eigenvalue weighted by atomic mass is 19.1. The number of H-pyrrole nitrogens is 1. The first kappa shape index (κ1) is 24.0. The van der Waals surface area contributed by atoms with E-state index >= 15 is 0 Å². The van der Waals surface area contributed by atoms with Crippen LogP contribution in [0.4, 0.5) is 10.2 Å². The van der Waals surface area contributed by atoms with Crippen LogP contribution in [0.15, 0.2) is 65.8 Å². The number of pyridine rings is 1. The fourth-order valence-corrected chi connectivity index (χ4v) is 4.63. The molecule has 11 heteroatoms. The Hall–Kier alpha value is -4.67. The molecule has 10 nitrogen and oxygen atoms in total. The topological polar surface area (TPSA) is 130 Å². The van der Waals surface area contributed by atoms with Crippen molar-refractivity contribution in [3.63, 3.8) is 0 Å². The number of carbonyl (C=O) groups excluding carboxylic acids is 3. The fraction of sp³-hybridized carbons (Fsp3) is 0.231. The lowest BCUT2D eigenvalue weighted by atomic mass is 10.0. The quantitative estimate of drug-likeness (QED) is 0.390. The SMILES string of the molecule is CC(=O)c1cn(CC(=O)N2CC(F)CC2C(=O)Nc2cccc(=O)[nH]2)c2ccc(-c3ccnnc3)cc12. The number of aromatic nitrogens is 4. The third kappa shape index (κ3) is 4.88. The van der Waals surface area contributed by atoms with Crippen molar-refractivity contribution in [2.75, 3.05) is 11.9 Å². The van der Waals surface area contributed by atoms with Gasteiger partial charge in [-0.1, -0.05) is 12.1 Å². The summed E-state index contributed by atoms with van der Waals surface area (Å²) >= 11 is 0. The molecule has 37 heavy (non-hydrogen) atoms. The second-order valence-corrected chi connectivity index (χ2v) is 8.90. The van der Waals surface area contributed by atoms with Crippen molar-refractivity contribution < 1.29 is 18.8 Å². The summed E-state index contributed by atoms with van der Waals surface area (Å²) in [4.78, 5) is 53.7. The van der Waals surface area contributed by atoms with Crippen molar-refractivity contribution in [1.82, 2.24) is 24.6 Å². The molecule has 1 fully saturated rings. The van der Waals surface area contributed by atoms with Gasteiger partial charge in [-0.25, -0.2) is 4.39 Å². The maximum absolute atomic E-state index is 14.4. The van der Waals surface area contributed by atoms with E-state index < -0.39 is 29.6 Å². The van der Waals surface area contributed by atoms with E-state index in [9.17, 15) is 23.6 Å². The third-order valence-corrected chi connectivity index (χ3v) is 6.38. The minimum absolute atomic E-state index is 0.150. The molecule has 1 aliphatic rings. The van der Waals surface area contributed by atoms with E-state index in [0.717, 1.165) is 11.1 Å². The molecule has 1 aliphatic heterocycles. The van der Waals surface area contributed by atoms with Crippen LogP contribution >= 0.6 is 0 Å². The van der Waals surface area contributed by atoms with Gasteiger partial charge in [-0.15, -0.1) is 0 Å². The summed E-state index contributed by atoms with van der Waals surface area (Å²) in [5.74, 6) is -1.06. The highest BCUT2D eigenvalue weighted by Crippen LogP contribution is 2.29. The van der Waals surface area contributed by atoms with E-state index in [4.69, 9.17) is 0 Å². The predicted octanol–water partition coefficient (Wildman–Crippen LogP) is 2.57. The molecule has 0 bridgehead atoms. The molecule has 2 atom stereocenters. The van der Waals surface area contributed by atoms with Gasteiger partial charge in [-0.05, 0) is 36.8 Å². The summed E-state index contributed by atoms with van der Waals surface area (Å²) in [6.45, 7) is 1.04. The zero-order valence-corrected chi connectivity index (χ0v) is 19.8. The Labute approximate surface area is 210 Å². The largest absolute Gasteiger partial charge is 0.337 e. The molecular weight excluding hydrogens is 479 g/mol. The van der Waals surface area contributed by atoms with Gasteiger partial charge in [-0.3, -0.25) is 19.2 Å². The number of anilines is 1. The normalized spacial score (nSPS) is 17.2. The Morgan fingerprint density at radius 2 is 1.97 bits per heavy atom. The molecule has 1 saturated heterocycles. The average Bonchev–Trinajstić information content (AvgIpc) is 3.45. The van der Waals surface area contributed by atoms with Gasteiger partial charge in [0.15, 0.2) is 5.78 Å². The maximum atomic E-state index is 14.4. The highest BCUT2D eigenvalue weighted by molar-refractivity contribution is 6.08. The van der Waals surface area contributed by atoms with Crippen molar-refractivity contribution in [1.29, 1.82) is 0 Å². The van der Waals surface area contributed by atoms with E-state index in [2.05, 4.69) is 20.5 Å². The first-order valence-electron chi connectivity index (χ1n) is 11.6. The second kappa shape index (κ2) is 9.76. The number of amides is 2. The number of nitrogens with one attached hydrogen (secondary N) is 2. The molecule has 0 spiro atoms. The predicted molar refractivity (Wildman–Crippen MR) is 134 cm³/mol. The van der Waals surface area contributed by atoms with Crippen LogP contribution in [0, 0.1) is 0 Å². The smallest absolute Gasteiger partial charge is 0.249 e. The Morgan fingerprint density at radius 3 is 2.70 bits per heavy atom. The van der Waals surface area contributed by atoms with Gasteiger partial charge in [0.1, 0.15) is 24.6 Å². The Kier molecular flexibility index (Phi) is 6.34. The number of aromatic amines is 1. The maximum Gasteiger partial charge on any atom is 0.249 e. The lowest BCUT2D eigenvalue weighted by Crippen LogP contribution is -2.44. The molecule has 0 saturated carbocycles. The highest BCUT2D eigenvalue weighted by Gasteiger charge is 2.40. The number of likely N-dealkylation sites (tertiary alicyclic amines) is 1. The molecule has 0 radical (unpaired) electrons. The number of Topliss-reactive ketones (excluding diaryl/α,β-unsaturated/α-hetero) is 1. The number of alkyl halides is 1. The van der Waals surface area contributed by atoms with Crippen LogP contribution in [0.3, 0.4) is 0 Å². The number of rotatable bonds is 6. The van der Waals surface area contributed by atoms with E-state index in [0.29, 0.717) is 16.5 Å². The summed E-state index contributed by atoms with van der Waals surface area (Å²) in [5, 5.41) is 10.9. The number of nitrogens with zero attached hydrogens (tertiary/aromatic N) is 4. The van der Waals surface area contributed by atoms with Gasteiger partial charge in [-0.2, -0.15) is 10.2 Å². The molecular formula is C26H23FN6O4. The number of benzene rings is 1. The van der Waals surface area contributed by atoms with Gasteiger partial charge in [0, 0.05) is 40.7 Å². The van der Waals surface area contributed by atoms with Crippen LogP contribution in [0.5, 0.6) is 0 Å². The number of fused-ring (bicyclic) bond motifs is 1. The van der Waals surface area contributed by atoms with Gasteiger partial charge in [0.2, 0.25) is 17.4 Å². The molecule has 3 aromatic heterocycles. The Bertz CT molecular complexity index is 1560. The van der Waals surface area contributed by atoms with E-state index in [1.54, 1.807) is 29.2 Å². The van der Waals surface area contributed by atoms with Crippen LogP contribution in [-0.2, 0) is 16.1 Å². The molecule has 1 aromatic carbocycles. The Balaban J connectivity index is 1.41. The number of carbonyl (C=O) groups is 3. The average molecular weight is 503 g/mol. The van der Waals surface area contributed by atoms with Gasteiger partial charge >= 0.3 is 0 Å². The number of hydrogen-bond acceptors (Lipinski definition) is 6. The minimum atomic E-state index is -1.36. The second-order valence-electron chi connectivity index (χ2n) is 8.90. The third-order valence-electron chi connectivity index (χ3n) is 6.38. The first-order chi connectivity index (χ1) is 17.8.